The molecule has 2 heterocycles. The van der Waals surface area contributed by atoms with E-state index in [1.54, 1.807) is 6.92 Å². The van der Waals surface area contributed by atoms with Gasteiger partial charge in [0, 0.05) is 38.8 Å². The van der Waals surface area contributed by atoms with Crippen molar-refractivity contribution < 1.29 is 73.6 Å². The molecule has 19 heteroatoms. The summed E-state index contributed by atoms with van der Waals surface area (Å²) < 4.78 is 21.8. The van der Waals surface area contributed by atoms with Gasteiger partial charge in [-0.3, -0.25) is 28.9 Å². The van der Waals surface area contributed by atoms with Crippen LogP contribution in [0.1, 0.15) is 85.0 Å². The number of amides is 2. The Labute approximate surface area is 322 Å². The fourth-order valence-electron chi connectivity index (χ4n) is 6.06. The molecule has 0 aromatic carbocycles. The summed E-state index contributed by atoms with van der Waals surface area (Å²) in [6, 6.07) is -0.830. The first-order chi connectivity index (χ1) is 26.0. The number of rotatable bonds is 27. The van der Waals surface area contributed by atoms with E-state index in [0.29, 0.717) is 32.2 Å². The molecular formula is C36H64N4O15. The fourth-order valence-corrected chi connectivity index (χ4v) is 6.06. The van der Waals surface area contributed by atoms with Gasteiger partial charge in [-0.2, -0.15) is 0 Å². The third-order valence-corrected chi connectivity index (χ3v) is 9.40. The predicted octanol–water partition coefficient (Wildman–Crippen LogP) is -2.84. The highest BCUT2D eigenvalue weighted by Gasteiger charge is 2.43. The highest BCUT2D eigenvalue weighted by atomic mass is 16.7. The number of carbonyl (C=O) groups excluding carboxylic acids is 5. The molecule has 0 aliphatic carbocycles. The van der Waals surface area contributed by atoms with Crippen molar-refractivity contribution in [2.75, 3.05) is 45.9 Å². The lowest BCUT2D eigenvalue weighted by atomic mass is 10.00. The van der Waals surface area contributed by atoms with Gasteiger partial charge in [0.2, 0.25) is 11.8 Å². The van der Waals surface area contributed by atoms with Crippen LogP contribution >= 0.6 is 0 Å². The molecule has 2 saturated heterocycles. The van der Waals surface area contributed by atoms with Crippen molar-refractivity contribution in [2.45, 2.75) is 152 Å². The average molecular weight is 793 g/mol. The summed E-state index contributed by atoms with van der Waals surface area (Å²) in [5, 5.41) is 65.1. The largest absolute Gasteiger partial charge is 0.388 e. The van der Waals surface area contributed by atoms with Crippen LogP contribution in [0.2, 0.25) is 0 Å². The van der Waals surface area contributed by atoms with E-state index in [2.05, 4.69) is 10.6 Å². The van der Waals surface area contributed by atoms with Crippen molar-refractivity contribution in [2.24, 2.45) is 5.73 Å². The van der Waals surface area contributed by atoms with E-state index < -0.39 is 67.5 Å². The van der Waals surface area contributed by atoms with Crippen LogP contribution in [0, 0.1) is 0 Å². The number of nitrogens with one attached hydrogen (secondary N) is 2. The Morgan fingerprint density at radius 2 is 1.04 bits per heavy atom. The number of carbonyl (C=O) groups is 5. The Bertz CT molecular complexity index is 1140. The summed E-state index contributed by atoms with van der Waals surface area (Å²) in [7, 11) is 0. The van der Waals surface area contributed by atoms with Gasteiger partial charge in [0.05, 0.1) is 45.1 Å². The summed E-state index contributed by atoms with van der Waals surface area (Å²) in [5.41, 5.74) is 5.74. The highest BCUT2D eigenvalue weighted by molar-refractivity contribution is 5.86. The van der Waals surface area contributed by atoms with E-state index in [0.717, 1.165) is 0 Å². The lowest BCUT2D eigenvalue weighted by molar-refractivity contribution is -0.293. The summed E-state index contributed by atoms with van der Waals surface area (Å²) in [6.07, 6.45) is -8.85. The van der Waals surface area contributed by atoms with E-state index in [-0.39, 0.29) is 107 Å². The molecule has 2 aliphatic rings. The maximum atomic E-state index is 12.9. The molecule has 0 unspecified atom stereocenters. The van der Waals surface area contributed by atoms with E-state index in [1.807, 2.05) is 0 Å². The van der Waals surface area contributed by atoms with Crippen molar-refractivity contribution in [3.63, 3.8) is 0 Å². The SMILES string of the molecule is CCNC(=O)[C@H](N)CNC(=O)CCCCCCC(=O)CN(CC(=O)CCCO[C@@H]1O[C@@H](C)[C@@H](O)[C@@H](O)[C@@H]1O)CC(=O)CCCO[C@@H]1O[C@@H](C)[C@@H](O)[C@@H](O)[C@@H]1O. The van der Waals surface area contributed by atoms with Gasteiger partial charge in [-0.1, -0.05) is 12.8 Å². The lowest BCUT2D eigenvalue weighted by Crippen LogP contribution is -2.57. The maximum Gasteiger partial charge on any atom is 0.238 e. The van der Waals surface area contributed by atoms with Crippen molar-refractivity contribution >= 4 is 29.2 Å². The smallest absolute Gasteiger partial charge is 0.238 e. The standard InChI is InChI=1S/C36H64N4O15/c1-4-38-34(51)26(37)17-39-27(44)14-8-6-5-7-11-23(41)18-40(19-24(42)12-9-15-52-35-32(49)30(47)28(45)21(2)54-35)20-25(43)13-10-16-53-36-33(50)31(48)29(46)22(3)55-36/h21-22,26,28-33,35-36,45-50H,4-20,37H2,1-3H3,(H,38,51)(H,39,44)/t21-,22-,26+,28+,29+,30+,31+,32-,33-,35+,36+/m0/s1. The maximum absolute atomic E-state index is 12.9. The molecule has 0 spiro atoms. The first kappa shape index (κ1) is 48.6. The van der Waals surface area contributed by atoms with E-state index in [9.17, 15) is 54.6 Å². The van der Waals surface area contributed by atoms with Crippen molar-refractivity contribution in [3.05, 3.63) is 0 Å². The Morgan fingerprint density at radius 1 is 0.618 bits per heavy atom. The predicted molar refractivity (Wildman–Crippen MR) is 194 cm³/mol. The molecule has 0 radical (unpaired) electrons. The monoisotopic (exact) mass is 792 g/mol. The lowest BCUT2D eigenvalue weighted by Gasteiger charge is -2.38. The Balaban J connectivity index is 1.80. The Morgan fingerprint density at radius 3 is 1.47 bits per heavy atom. The molecule has 11 atom stereocenters. The number of unbranched alkanes of at least 4 members (excludes halogenated alkanes) is 3. The first-order valence-electron chi connectivity index (χ1n) is 19.3. The zero-order valence-electron chi connectivity index (χ0n) is 32.3. The third kappa shape index (κ3) is 17.7. The molecule has 0 bridgehead atoms. The van der Waals surface area contributed by atoms with Crippen LogP contribution in [0.5, 0.6) is 0 Å². The number of nitrogens with two attached hydrogens (primary N) is 1. The van der Waals surface area contributed by atoms with E-state index in [4.69, 9.17) is 24.7 Å². The summed E-state index contributed by atoms with van der Waals surface area (Å²) in [5.74, 6) is -1.25. The summed E-state index contributed by atoms with van der Waals surface area (Å²) >= 11 is 0. The number of nitrogens with zero attached hydrogens (tertiary/aromatic N) is 1. The van der Waals surface area contributed by atoms with Gasteiger partial charge in [0.15, 0.2) is 12.6 Å². The van der Waals surface area contributed by atoms with E-state index in [1.165, 1.54) is 18.7 Å². The minimum atomic E-state index is -1.47. The van der Waals surface area contributed by atoms with Gasteiger partial charge in [-0.25, -0.2) is 0 Å². The Hall–Kier alpha value is -2.53. The number of hydrogen-bond donors (Lipinski definition) is 9. The molecule has 2 amide bonds. The average Bonchev–Trinajstić information content (AvgIpc) is 3.14. The van der Waals surface area contributed by atoms with Crippen LogP contribution in [0.25, 0.3) is 0 Å². The molecule has 2 aliphatic heterocycles. The molecule has 0 aromatic rings. The minimum absolute atomic E-state index is 0.000343. The van der Waals surface area contributed by atoms with Crippen molar-refractivity contribution in [3.8, 4) is 0 Å². The van der Waals surface area contributed by atoms with Crippen LogP contribution < -0.4 is 16.4 Å². The summed E-state index contributed by atoms with van der Waals surface area (Å²) in [6.45, 7) is 4.79. The van der Waals surface area contributed by atoms with Crippen molar-refractivity contribution in [1.29, 1.82) is 0 Å². The number of ketones is 3. The molecule has 2 fully saturated rings. The van der Waals surface area contributed by atoms with Crippen LogP contribution in [0.3, 0.4) is 0 Å². The minimum Gasteiger partial charge on any atom is -0.388 e. The molecule has 10 N–H and O–H groups in total. The second kappa shape index (κ2) is 25.7. The second-order valence-electron chi connectivity index (χ2n) is 14.3. The first-order valence-corrected chi connectivity index (χ1v) is 19.3. The molecular weight excluding hydrogens is 728 g/mol. The second-order valence-corrected chi connectivity index (χ2v) is 14.3. The van der Waals surface area contributed by atoms with Gasteiger partial charge in [-0.05, 0) is 46.5 Å². The fraction of sp³-hybridized carbons (Fsp3) is 0.861. The van der Waals surface area contributed by atoms with Gasteiger partial charge >= 0.3 is 0 Å². The molecule has 55 heavy (non-hydrogen) atoms. The molecule has 2 rings (SSSR count). The molecule has 0 saturated carbocycles. The van der Waals surface area contributed by atoms with Crippen LogP contribution in [0.15, 0.2) is 0 Å². The van der Waals surface area contributed by atoms with Crippen molar-refractivity contribution in [1.82, 2.24) is 15.5 Å². The molecule has 19 nitrogen and oxygen atoms in total. The van der Waals surface area contributed by atoms with Crippen LogP contribution in [-0.4, -0.2) is 178 Å². The Kier molecular flexibility index (Phi) is 22.7. The number of likely N-dealkylation sites (N-methyl/N-ethyl adjacent to an activating group) is 1. The highest BCUT2D eigenvalue weighted by Crippen LogP contribution is 2.23. The number of Topliss-reactive ketones (excluding diaryl/α,β-unsaturated/α-hetero) is 3. The van der Waals surface area contributed by atoms with Gasteiger partial charge in [-0.15, -0.1) is 0 Å². The van der Waals surface area contributed by atoms with Crippen LogP contribution in [-0.2, 0) is 42.9 Å². The molecule has 318 valence electrons. The zero-order chi connectivity index (χ0) is 41.1. The van der Waals surface area contributed by atoms with E-state index >= 15 is 0 Å². The number of aliphatic hydroxyl groups excluding tert-OH is 6. The number of aliphatic hydroxyl groups is 6. The third-order valence-electron chi connectivity index (χ3n) is 9.40. The van der Waals surface area contributed by atoms with Gasteiger partial charge in [0.1, 0.15) is 60.0 Å². The van der Waals surface area contributed by atoms with Gasteiger partial charge < -0.3 is 66.0 Å². The summed E-state index contributed by atoms with van der Waals surface area (Å²) in [4.78, 5) is 64.0. The van der Waals surface area contributed by atoms with Crippen LogP contribution in [0.4, 0.5) is 0 Å². The zero-order valence-corrected chi connectivity index (χ0v) is 32.3. The quantitative estimate of drug-likeness (QED) is 0.0379. The normalized spacial score (nSPS) is 28.8. The number of hydrogen-bond acceptors (Lipinski definition) is 17. The van der Waals surface area contributed by atoms with Gasteiger partial charge in [0.25, 0.3) is 0 Å². The number of ether oxygens (including phenoxy) is 4. The molecule has 0 aromatic heterocycles. The topological polar surface area (TPSA) is 297 Å².